The van der Waals surface area contributed by atoms with E-state index in [-0.39, 0.29) is 24.8 Å². The Bertz CT molecular complexity index is 1210. The van der Waals surface area contributed by atoms with Gasteiger partial charge in [0.2, 0.25) is 6.79 Å². The summed E-state index contributed by atoms with van der Waals surface area (Å²) in [6, 6.07) is 14.0. The van der Waals surface area contributed by atoms with Gasteiger partial charge in [-0.3, -0.25) is 4.79 Å². The molecular formula is C22H16ClN3O5. The predicted octanol–water partition coefficient (Wildman–Crippen LogP) is 4.49. The van der Waals surface area contributed by atoms with Crippen LogP contribution in [0.25, 0.3) is 6.08 Å². The Morgan fingerprint density at radius 2 is 2.10 bits per heavy atom. The van der Waals surface area contributed by atoms with Crippen molar-refractivity contribution >= 4 is 29.4 Å². The average Bonchev–Trinajstić information content (AvgIpc) is 3.39. The lowest BCUT2D eigenvalue weighted by Gasteiger charge is -2.09. The first-order valence-electron chi connectivity index (χ1n) is 9.19. The lowest BCUT2D eigenvalue weighted by Crippen LogP contribution is -2.13. The second kappa shape index (κ2) is 8.81. The molecule has 0 radical (unpaired) electrons. The molecule has 0 saturated carbocycles. The number of nitriles is 1. The molecule has 0 fully saturated rings. The molecule has 0 bridgehead atoms. The lowest BCUT2D eigenvalue weighted by molar-refractivity contribution is -0.112. The highest BCUT2D eigenvalue weighted by atomic mass is 35.5. The van der Waals surface area contributed by atoms with E-state index in [4.69, 9.17) is 30.3 Å². The highest BCUT2D eigenvalue weighted by Crippen LogP contribution is 2.33. The normalized spacial score (nSPS) is 12.4. The maximum absolute atomic E-state index is 12.3. The SMILES string of the molecule is Cc1cc(NC(=O)/C(C#N)=C\c2ccc(OCc3ccc4c(c3)OCO4)c(Cl)c2)no1. The summed E-state index contributed by atoms with van der Waals surface area (Å²) in [5.74, 6) is 2.02. The predicted molar refractivity (Wildman–Crippen MR) is 112 cm³/mol. The molecule has 0 saturated heterocycles. The summed E-state index contributed by atoms with van der Waals surface area (Å²) < 4.78 is 21.3. The van der Waals surface area contributed by atoms with Gasteiger partial charge in [-0.15, -0.1) is 0 Å². The molecule has 31 heavy (non-hydrogen) atoms. The summed E-state index contributed by atoms with van der Waals surface area (Å²) in [6.07, 6.45) is 1.43. The van der Waals surface area contributed by atoms with Gasteiger partial charge in [-0.25, -0.2) is 0 Å². The highest BCUT2D eigenvalue weighted by Gasteiger charge is 2.14. The first-order valence-corrected chi connectivity index (χ1v) is 9.57. The standard InChI is InChI=1S/C22H16ClN3O5/c1-13-6-21(26-31-13)25-22(27)16(10-24)7-14-2-4-18(17(23)8-14)28-11-15-3-5-19-20(9-15)30-12-29-19/h2-9H,11-12H2,1H3,(H,25,26,27)/b16-7-. The van der Waals surface area contributed by atoms with Gasteiger partial charge >= 0.3 is 0 Å². The van der Waals surface area contributed by atoms with Gasteiger partial charge in [0, 0.05) is 6.07 Å². The van der Waals surface area contributed by atoms with Crippen molar-refractivity contribution in [2.24, 2.45) is 0 Å². The monoisotopic (exact) mass is 437 g/mol. The summed E-state index contributed by atoms with van der Waals surface area (Å²) in [5, 5.41) is 15.9. The van der Waals surface area contributed by atoms with Crippen molar-refractivity contribution in [3.05, 3.63) is 69.9 Å². The van der Waals surface area contributed by atoms with E-state index >= 15 is 0 Å². The van der Waals surface area contributed by atoms with E-state index in [1.807, 2.05) is 24.3 Å². The number of ether oxygens (including phenoxy) is 3. The van der Waals surface area contributed by atoms with Gasteiger partial charge in [0.05, 0.1) is 5.02 Å². The number of nitrogens with one attached hydrogen (secondary N) is 1. The van der Waals surface area contributed by atoms with Crippen molar-refractivity contribution in [3.63, 3.8) is 0 Å². The van der Waals surface area contributed by atoms with Crippen molar-refractivity contribution in [1.82, 2.24) is 5.16 Å². The van der Waals surface area contributed by atoms with Crippen LogP contribution in [-0.4, -0.2) is 17.9 Å². The molecule has 2 aromatic carbocycles. The van der Waals surface area contributed by atoms with E-state index in [0.29, 0.717) is 33.6 Å². The number of aryl methyl sites for hydroxylation is 1. The number of aromatic nitrogens is 1. The third-order valence-corrected chi connectivity index (χ3v) is 4.63. The summed E-state index contributed by atoms with van der Waals surface area (Å²) in [5.41, 5.74) is 1.37. The van der Waals surface area contributed by atoms with E-state index in [0.717, 1.165) is 5.56 Å². The number of carbonyl (C=O) groups excluding carboxylic acids is 1. The number of anilines is 1. The Balaban J connectivity index is 1.43. The van der Waals surface area contributed by atoms with Crippen molar-refractivity contribution in [1.29, 1.82) is 5.26 Å². The second-order valence-corrected chi connectivity index (χ2v) is 7.02. The fraction of sp³-hybridized carbons (Fsp3) is 0.136. The van der Waals surface area contributed by atoms with Crippen molar-refractivity contribution in [3.8, 4) is 23.3 Å². The van der Waals surface area contributed by atoms with Crippen molar-refractivity contribution in [2.75, 3.05) is 12.1 Å². The van der Waals surface area contributed by atoms with Crippen LogP contribution in [0.2, 0.25) is 5.02 Å². The van der Waals surface area contributed by atoms with Crippen LogP contribution in [0.1, 0.15) is 16.9 Å². The molecule has 0 atom stereocenters. The van der Waals surface area contributed by atoms with Crippen molar-refractivity contribution < 1.29 is 23.5 Å². The molecule has 1 N–H and O–H groups in total. The van der Waals surface area contributed by atoms with Crippen molar-refractivity contribution in [2.45, 2.75) is 13.5 Å². The van der Waals surface area contributed by atoms with Gasteiger partial charge in [0.25, 0.3) is 5.91 Å². The number of carbonyl (C=O) groups is 1. The summed E-state index contributed by atoms with van der Waals surface area (Å²) in [6.45, 7) is 2.19. The van der Waals surface area contributed by atoms with Gasteiger partial charge in [0.15, 0.2) is 17.3 Å². The van der Waals surface area contributed by atoms with Crippen LogP contribution in [0.4, 0.5) is 5.82 Å². The zero-order valence-corrected chi connectivity index (χ0v) is 17.1. The third-order valence-electron chi connectivity index (χ3n) is 4.33. The maximum Gasteiger partial charge on any atom is 0.267 e. The van der Waals surface area contributed by atoms with E-state index in [1.165, 1.54) is 6.08 Å². The van der Waals surface area contributed by atoms with Crippen LogP contribution >= 0.6 is 11.6 Å². The molecule has 0 spiro atoms. The van der Waals surface area contributed by atoms with E-state index in [9.17, 15) is 10.1 Å². The van der Waals surface area contributed by atoms with E-state index in [2.05, 4.69) is 10.5 Å². The Morgan fingerprint density at radius 1 is 1.26 bits per heavy atom. The molecule has 1 aliphatic heterocycles. The van der Waals surface area contributed by atoms with Gasteiger partial charge < -0.3 is 24.1 Å². The minimum atomic E-state index is -0.602. The average molecular weight is 438 g/mol. The smallest absolute Gasteiger partial charge is 0.267 e. The van der Waals surface area contributed by atoms with Crippen LogP contribution in [-0.2, 0) is 11.4 Å². The van der Waals surface area contributed by atoms with Crippen LogP contribution in [0, 0.1) is 18.3 Å². The quantitative estimate of drug-likeness (QED) is 0.447. The number of halogens is 1. The molecule has 8 nitrogen and oxygen atoms in total. The van der Waals surface area contributed by atoms with Crippen LogP contribution < -0.4 is 19.5 Å². The zero-order chi connectivity index (χ0) is 21.8. The Labute approximate surface area is 182 Å². The third kappa shape index (κ3) is 4.79. The van der Waals surface area contributed by atoms with Gasteiger partial charge in [0.1, 0.15) is 29.8 Å². The fourth-order valence-corrected chi connectivity index (χ4v) is 3.08. The van der Waals surface area contributed by atoms with E-state index in [1.54, 1.807) is 31.2 Å². The Morgan fingerprint density at radius 3 is 2.84 bits per heavy atom. The molecule has 1 amide bonds. The molecule has 3 aromatic rings. The molecule has 2 heterocycles. The van der Waals surface area contributed by atoms with Gasteiger partial charge in [-0.1, -0.05) is 28.9 Å². The topological polar surface area (TPSA) is 107 Å². The number of hydrogen-bond acceptors (Lipinski definition) is 7. The maximum atomic E-state index is 12.3. The molecule has 1 aromatic heterocycles. The molecule has 0 aliphatic carbocycles. The van der Waals surface area contributed by atoms with Crippen LogP contribution in [0.15, 0.2) is 52.6 Å². The Kier molecular flexibility index (Phi) is 5.78. The fourth-order valence-electron chi connectivity index (χ4n) is 2.84. The van der Waals surface area contributed by atoms with Crippen LogP contribution in [0.5, 0.6) is 17.2 Å². The van der Waals surface area contributed by atoms with Gasteiger partial charge in [-0.05, 0) is 48.4 Å². The van der Waals surface area contributed by atoms with Crippen LogP contribution in [0.3, 0.4) is 0 Å². The summed E-state index contributed by atoms with van der Waals surface area (Å²) in [4.78, 5) is 12.3. The number of benzene rings is 2. The molecule has 0 unspecified atom stereocenters. The number of amides is 1. The number of nitrogens with zero attached hydrogens (tertiary/aromatic N) is 2. The molecule has 1 aliphatic rings. The number of rotatable bonds is 6. The second-order valence-electron chi connectivity index (χ2n) is 6.61. The first-order chi connectivity index (χ1) is 15.0. The first kappa shape index (κ1) is 20.3. The van der Waals surface area contributed by atoms with Gasteiger partial charge in [-0.2, -0.15) is 5.26 Å². The molecular weight excluding hydrogens is 422 g/mol. The Hall–Kier alpha value is -3.96. The summed E-state index contributed by atoms with van der Waals surface area (Å²) in [7, 11) is 0. The molecule has 156 valence electrons. The molecule has 4 rings (SSSR count). The number of fused-ring (bicyclic) bond motifs is 1. The summed E-state index contributed by atoms with van der Waals surface area (Å²) >= 11 is 6.32. The minimum absolute atomic E-state index is 0.106. The highest BCUT2D eigenvalue weighted by molar-refractivity contribution is 6.32. The molecule has 9 heteroatoms. The van der Waals surface area contributed by atoms with E-state index < -0.39 is 5.91 Å². The largest absolute Gasteiger partial charge is 0.487 e. The zero-order valence-electron chi connectivity index (χ0n) is 16.3. The number of hydrogen-bond donors (Lipinski definition) is 1. The minimum Gasteiger partial charge on any atom is -0.487 e. The lowest BCUT2D eigenvalue weighted by atomic mass is 10.1.